The molecule has 21 heavy (non-hydrogen) atoms. The van der Waals surface area contributed by atoms with Gasteiger partial charge in [-0.05, 0) is 6.07 Å². The third kappa shape index (κ3) is 2.87. The van der Waals surface area contributed by atoms with Crippen molar-refractivity contribution in [2.45, 2.75) is 0 Å². The van der Waals surface area contributed by atoms with Crippen LogP contribution in [0.2, 0.25) is 25.1 Å². The summed E-state index contributed by atoms with van der Waals surface area (Å²) in [7, 11) is 0. The van der Waals surface area contributed by atoms with Gasteiger partial charge in [-0.25, -0.2) is 9.78 Å². The molecule has 0 unspecified atom stereocenters. The SMILES string of the molecule is O=C(O)c1ncc(-c2c(Cl)c(Cl)c(Cl)c(Cl)c2Cl)cc1O. The third-order valence-corrected chi connectivity index (χ3v) is 4.85. The topological polar surface area (TPSA) is 70.4 Å². The summed E-state index contributed by atoms with van der Waals surface area (Å²) in [4.78, 5) is 14.5. The van der Waals surface area contributed by atoms with Crippen molar-refractivity contribution in [2.75, 3.05) is 0 Å². The Balaban J connectivity index is 2.74. The molecule has 0 amide bonds. The minimum atomic E-state index is -1.37. The van der Waals surface area contributed by atoms with E-state index in [2.05, 4.69) is 4.98 Å². The van der Waals surface area contributed by atoms with Gasteiger partial charge in [0.15, 0.2) is 5.69 Å². The highest BCUT2D eigenvalue weighted by molar-refractivity contribution is 6.56. The van der Waals surface area contributed by atoms with Crippen LogP contribution in [0, 0.1) is 0 Å². The Bertz CT molecular complexity index is 734. The van der Waals surface area contributed by atoms with Crippen molar-refractivity contribution in [3.05, 3.63) is 43.1 Å². The second kappa shape index (κ2) is 6.07. The average molecular weight is 387 g/mol. The van der Waals surface area contributed by atoms with Crippen molar-refractivity contribution in [3.8, 4) is 16.9 Å². The van der Waals surface area contributed by atoms with Crippen molar-refractivity contribution in [2.24, 2.45) is 0 Å². The molecule has 0 fully saturated rings. The monoisotopic (exact) mass is 385 g/mol. The fraction of sp³-hybridized carbons (Fsp3) is 0. The molecule has 0 saturated heterocycles. The molecule has 9 heteroatoms. The molecule has 4 nitrogen and oxygen atoms in total. The van der Waals surface area contributed by atoms with Crippen LogP contribution in [0.3, 0.4) is 0 Å². The molecule has 0 aliphatic heterocycles. The molecule has 0 saturated carbocycles. The molecule has 2 aromatic rings. The molecule has 1 heterocycles. The van der Waals surface area contributed by atoms with Gasteiger partial charge in [0, 0.05) is 17.3 Å². The standard InChI is InChI=1S/C12H4Cl5NO3/c13-6-5(7(14)9(16)10(17)8(6)15)3-1-4(19)11(12(20)21)18-2-3/h1-2,19H,(H,20,21). The maximum Gasteiger partial charge on any atom is 0.358 e. The predicted octanol–water partition coefficient (Wildman–Crippen LogP) is 5.42. The first-order valence-electron chi connectivity index (χ1n) is 5.19. The minimum absolute atomic E-state index is 0.00331. The van der Waals surface area contributed by atoms with Crippen molar-refractivity contribution in [1.29, 1.82) is 0 Å². The Morgan fingerprint density at radius 2 is 1.43 bits per heavy atom. The Morgan fingerprint density at radius 1 is 0.952 bits per heavy atom. The van der Waals surface area contributed by atoms with Crippen molar-refractivity contribution in [3.63, 3.8) is 0 Å². The van der Waals surface area contributed by atoms with Crippen LogP contribution in [0.4, 0.5) is 0 Å². The highest BCUT2D eigenvalue weighted by Gasteiger charge is 2.22. The van der Waals surface area contributed by atoms with E-state index in [9.17, 15) is 9.90 Å². The summed E-state index contributed by atoms with van der Waals surface area (Å²) < 4.78 is 0. The summed E-state index contributed by atoms with van der Waals surface area (Å²) in [6.07, 6.45) is 1.18. The Morgan fingerprint density at radius 3 is 1.86 bits per heavy atom. The number of carboxylic acids is 1. The first-order valence-corrected chi connectivity index (χ1v) is 7.08. The van der Waals surface area contributed by atoms with Crippen molar-refractivity contribution in [1.82, 2.24) is 4.98 Å². The summed E-state index contributed by atoms with van der Waals surface area (Å²) in [6.45, 7) is 0. The van der Waals surface area contributed by atoms with Crippen LogP contribution in [0.15, 0.2) is 12.3 Å². The first kappa shape index (κ1) is 16.5. The highest BCUT2D eigenvalue weighted by atomic mass is 35.5. The summed E-state index contributed by atoms with van der Waals surface area (Å²) in [6, 6.07) is 1.14. The largest absolute Gasteiger partial charge is 0.505 e. The van der Waals surface area contributed by atoms with Crippen LogP contribution in [-0.4, -0.2) is 21.2 Å². The van der Waals surface area contributed by atoms with Gasteiger partial charge in [-0.2, -0.15) is 0 Å². The van der Waals surface area contributed by atoms with Gasteiger partial charge in [-0.3, -0.25) is 0 Å². The quantitative estimate of drug-likeness (QED) is 0.533. The zero-order valence-electron chi connectivity index (χ0n) is 9.79. The number of rotatable bonds is 2. The van der Waals surface area contributed by atoms with Gasteiger partial charge >= 0.3 is 5.97 Å². The molecule has 0 aliphatic carbocycles. The Kier molecular flexibility index (Phi) is 4.76. The minimum Gasteiger partial charge on any atom is -0.505 e. The third-order valence-electron chi connectivity index (χ3n) is 2.57. The van der Waals surface area contributed by atoms with Crippen molar-refractivity contribution >= 4 is 64.0 Å². The van der Waals surface area contributed by atoms with E-state index in [1.54, 1.807) is 0 Å². The Hall–Kier alpha value is -0.910. The fourth-order valence-electron chi connectivity index (χ4n) is 1.61. The number of aromatic carboxylic acids is 1. The molecule has 0 spiro atoms. The number of hydrogen-bond donors (Lipinski definition) is 2. The maximum absolute atomic E-state index is 10.8. The maximum atomic E-state index is 10.8. The molecule has 2 rings (SSSR count). The molecule has 0 bridgehead atoms. The van der Waals surface area contributed by atoms with E-state index in [1.807, 2.05) is 0 Å². The second-order valence-corrected chi connectivity index (χ2v) is 5.73. The van der Waals surface area contributed by atoms with E-state index < -0.39 is 17.4 Å². The van der Waals surface area contributed by atoms with Gasteiger partial charge in [0.25, 0.3) is 0 Å². The highest BCUT2D eigenvalue weighted by Crippen LogP contribution is 2.48. The summed E-state index contributed by atoms with van der Waals surface area (Å²) in [5.74, 6) is -1.92. The number of hydrogen-bond acceptors (Lipinski definition) is 3. The average Bonchev–Trinajstić information content (AvgIpc) is 2.43. The van der Waals surface area contributed by atoms with E-state index >= 15 is 0 Å². The molecular formula is C12H4Cl5NO3. The predicted molar refractivity (Wildman–Crippen MR) is 83.3 cm³/mol. The van der Waals surface area contributed by atoms with Crippen LogP contribution in [0.25, 0.3) is 11.1 Å². The van der Waals surface area contributed by atoms with E-state index in [4.69, 9.17) is 63.1 Å². The van der Waals surface area contributed by atoms with Crippen LogP contribution >= 0.6 is 58.0 Å². The van der Waals surface area contributed by atoms with E-state index in [0.717, 1.165) is 6.07 Å². The molecular weight excluding hydrogens is 383 g/mol. The number of carbonyl (C=O) groups is 1. The normalized spacial score (nSPS) is 10.7. The lowest BCUT2D eigenvalue weighted by Crippen LogP contribution is -2.00. The van der Waals surface area contributed by atoms with Crippen LogP contribution in [0.5, 0.6) is 5.75 Å². The molecule has 0 radical (unpaired) electrons. The molecule has 1 aromatic carbocycles. The second-order valence-electron chi connectivity index (χ2n) is 3.84. The lowest BCUT2D eigenvalue weighted by atomic mass is 10.1. The van der Waals surface area contributed by atoms with Gasteiger partial charge < -0.3 is 10.2 Å². The molecule has 0 atom stereocenters. The summed E-state index contributed by atoms with van der Waals surface area (Å²) >= 11 is 29.9. The number of aromatic hydroxyl groups is 1. The number of halogens is 5. The summed E-state index contributed by atoms with van der Waals surface area (Å²) in [5.41, 5.74) is -0.0670. The van der Waals surface area contributed by atoms with Gasteiger partial charge in [-0.15, -0.1) is 0 Å². The Labute approximate surface area is 143 Å². The zero-order chi connectivity index (χ0) is 15.9. The molecule has 2 N–H and O–H groups in total. The number of carboxylic acid groups (broad SMARTS) is 1. The van der Waals surface area contributed by atoms with E-state index in [1.165, 1.54) is 6.20 Å². The molecule has 1 aromatic heterocycles. The molecule has 0 aliphatic rings. The van der Waals surface area contributed by atoms with Crippen LogP contribution in [0.1, 0.15) is 10.5 Å². The fourth-order valence-corrected chi connectivity index (χ4v) is 2.97. The van der Waals surface area contributed by atoms with Gasteiger partial charge in [0.1, 0.15) is 5.75 Å². The smallest absolute Gasteiger partial charge is 0.358 e. The van der Waals surface area contributed by atoms with Gasteiger partial charge in [0.2, 0.25) is 0 Å². The first-order chi connectivity index (χ1) is 9.75. The zero-order valence-corrected chi connectivity index (χ0v) is 13.6. The lowest BCUT2D eigenvalue weighted by Gasteiger charge is -2.13. The van der Waals surface area contributed by atoms with Crippen LogP contribution < -0.4 is 0 Å². The van der Waals surface area contributed by atoms with E-state index in [-0.39, 0.29) is 36.2 Å². The number of pyridine rings is 1. The number of aromatic nitrogens is 1. The van der Waals surface area contributed by atoms with Gasteiger partial charge in [0.05, 0.1) is 25.1 Å². The van der Waals surface area contributed by atoms with E-state index in [0.29, 0.717) is 0 Å². The molecule has 110 valence electrons. The van der Waals surface area contributed by atoms with Crippen molar-refractivity contribution < 1.29 is 15.0 Å². The summed E-state index contributed by atoms with van der Waals surface area (Å²) in [5, 5.41) is 18.5. The lowest BCUT2D eigenvalue weighted by molar-refractivity contribution is 0.0687. The van der Waals surface area contributed by atoms with Crippen LogP contribution in [-0.2, 0) is 0 Å². The number of nitrogens with zero attached hydrogens (tertiary/aromatic N) is 1. The van der Waals surface area contributed by atoms with Gasteiger partial charge in [-0.1, -0.05) is 58.0 Å². The number of benzene rings is 1.